The topological polar surface area (TPSA) is 56.9 Å². The summed E-state index contributed by atoms with van der Waals surface area (Å²) in [6, 6.07) is 4.69. The number of benzene rings is 1. The number of hydrogen-bond acceptors (Lipinski definition) is 2. The molecule has 5 heteroatoms. The summed E-state index contributed by atoms with van der Waals surface area (Å²) in [5, 5.41) is 6.80. The van der Waals surface area contributed by atoms with Crippen molar-refractivity contribution in [2.45, 2.75) is 12.8 Å². The molecule has 0 radical (unpaired) electrons. The second-order valence-electron chi connectivity index (χ2n) is 4.46. The molecule has 0 unspecified atom stereocenters. The molecule has 0 fully saturated rings. The fourth-order valence-electron chi connectivity index (χ4n) is 2.03. The summed E-state index contributed by atoms with van der Waals surface area (Å²) in [6.45, 7) is 1.27. The maximum Gasteiger partial charge on any atom is 0.221 e. The lowest BCUT2D eigenvalue weighted by Crippen LogP contribution is -2.28. The molecule has 1 aromatic carbocycles. The first-order valence-corrected chi connectivity index (χ1v) is 6.37. The molecule has 0 aliphatic heterocycles. The molecule has 0 spiro atoms. The van der Waals surface area contributed by atoms with Crippen molar-refractivity contribution in [3.05, 3.63) is 35.8 Å². The van der Waals surface area contributed by atoms with Gasteiger partial charge in [-0.15, -0.1) is 0 Å². The van der Waals surface area contributed by atoms with E-state index < -0.39 is 0 Å². The molecule has 2 aromatic rings. The summed E-state index contributed by atoms with van der Waals surface area (Å²) in [4.78, 5) is 14.5. The standard InChI is InChI=1S/C14H18FN3O/c1-16-6-5-14(19)17-7-4-10-9-18-13-8-11(15)2-3-12(10)13/h2-3,8-9,16,18H,4-7H2,1H3,(H,17,19). The molecule has 0 saturated heterocycles. The Morgan fingerprint density at radius 2 is 2.21 bits per heavy atom. The van der Waals surface area contributed by atoms with Crippen LogP contribution in [0, 0.1) is 5.82 Å². The van der Waals surface area contributed by atoms with Crippen molar-refractivity contribution in [2.75, 3.05) is 20.1 Å². The van der Waals surface area contributed by atoms with Crippen LogP contribution >= 0.6 is 0 Å². The number of carbonyl (C=O) groups is 1. The zero-order chi connectivity index (χ0) is 13.7. The van der Waals surface area contributed by atoms with Crippen LogP contribution in [0.2, 0.25) is 0 Å². The van der Waals surface area contributed by atoms with Crippen LogP contribution in [0.1, 0.15) is 12.0 Å². The Morgan fingerprint density at radius 3 is 3.00 bits per heavy atom. The first-order valence-electron chi connectivity index (χ1n) is 6.37. The second kappa shape index (κ2) is 6.33. The van der Waals surface area contributed by atoms with E-state index in [1.165, 1.54) is 12.1 Å². The van der Waals surface area contributed by atoms with Crippen molar-refractivity contribution in [3.8, 4) is 0 Å². The van der Waals surface area contributed by atoms with Crippen molar-refractivity contribution in [2.24, 2.45) is 0 Å². The number of aromatic amines is 1. The lowest BCUT2D eigenvalue weighted by Gasteiger charge is -2.04. The van der Waals surface area contributed by atoms with E-state index in [0.29, 0.717) is 19.5 Å². The smallest absolute Gasteiger partial charge is 0.221 e. The highest BCUT2D eigenvalue weighted by atomic mass is 19.1. The van der Waals surface area contributed by atoms with Crippen LogP contribution in [0.15, 0.2) is 24.4 Å². The number of H-pyrrole nitrogens is 1. The van der Waals surface area contributed by atoms with Crippen molar-refractivity contribution in [1.29, 1.82) is 0 Å². The molecule has 2 rings (SSSR count). The van der Waals surface area contributed by atoms with Gasteiger partial charge in [-0.1, -0.05) is 0 Å². The normalized spacial score (nSPS) is 10.8. The van der Waals surface area contributed by atoms with Crippen LogP contribution in [0.4, 0.5) is 4.39 Å². The van der Waals surface area contributed by atoms with Crippen molar-refractivity contribution < 1.29 is 9.18 Å². The summed E-state index contributed by atoms with van der Waals surface area (Å²) in [5.74, 6) is -0.207. The Kier molecular flexibility index (Phi) is 4.52. The number of hydrogen-bond donors (Lipinski definition) is 3. The largest absolute Gasteiger partial charge is 0.361 e. The molecule has 0 aliphatic carbocycles. The monoisotopic (exact) mass is 263 g/mol. The van der Waals surface area contributed by atoms with E-state index in [4.69, 9.17) is 0 Å². The van der Waals surface area contributed by atoms with Crippen molar-refractivity contribution in [3.63, 3.8) is 0 Å². The highest BCUT2D eigenvalue weighted by molar-refractivity contribution is 5.83. The molecule has 102 valence electrons. The number of halogens is 1. The number of amides is 1. The van der Waals surface area contributed by atoms with Crippen LogP contribution in [0.5, 0.6) is 0 Å². The van der Waals surface area contributed by atoms with Gasteiger partial charge in [0, 0.05) is 36.6 Å². The summed E-state index contributed by atoms with van der Waals surface area (Å²) in [7, 11) is 1.82. The molecular weight excluding hydrogens is 245 g/mol. The van der Waals surface area contributed by atoms with Gasteiger partial charge in [0.05, 0.1) is 0 Å². The molecule has 0 aliphatic rings. The summed E-state index contributed by atoms with van der Waals surface area (Å²) < 4.78 is 13.0. The molecule has 1 heterocycles. The van der Waals surface area contributed by atoms with Crippen LogP contribution in [0.3, 0.4) is 0 Å². The average Bonchev–Trinajstić information content (AvgIpc) is 2.79. The first kappa shape index (κ1) is 13.5. The minimum atomic E-state index is -0.249. The fraction of sp³-hybridized carbons (Fsp3) is 0.357. The van der Waals surface area contributed by atoms with Gasteiger partial charge in [0.15, 0.2) is 0 Å². The SMILES string of the molecule is CNCCC(=O)NCCc1c[nH]c2cc(F)ccc12. The van der Waals surface area contributed by atoms with Crippen LogP contribution in [-0.4, -0.2) is 31.0 Å². The molecule has 3 N–H and O–H groups in total. The lowest BCUT2D eigenvalue weighted by atomic mass is 10.1. The minimum Gasteiger partial charge on any atom is -0.361 e. The third-order valence-corrected chi connectivity index (χ3v) is 3.05. The van der Waals surface area contributed by atoms with Gasteiger partial charge in [0.1, 0.15) is 5.82 Å². The maximum atomic E-state index is 13.0. The summed E-state index contributed by atoms with van der Waals surface area (Å²) >= 11 is 0. The first-order chi connectivity index (χ1) is 9.20. The van der Waals surface area contributed by atoms with Crippen molar-refractivity contribution in [1.82, 2.24) is 15.6 Å². The highest BCUT2D eigenvalue weighted by Gasteiger charge is 2.05. The molecule has 1 amide bonds. The quantitative estimate of drug-likeness (QED) is 0.741. The molecule has 0 atom stereocenters. The minimum absolute atomic E-state index is 0.0419. The van der Waals surface area contributed by atoms with Gasteiger partial charge in [-0.2, -0.15) is 0 Å². The Balaban J connectivity index is 1.90. The van der Waals surface area contributed by atoms with Gasteiger partial charge in [0.2, 0.25) is 5.91 Å². The zero-order valence-electron chi connectivity index (χ0n) is 10.9. The maximum absolute atomic E-state index is 13.0. The average molecular weight is 263 g/mol. The number of carbonyl (C=O) groups excluding carboxylic acids is 1. The van der Waals surface area contributed by atoms with Crippen LogP contribution < -0.4 is 10.6 Å². The van der Waals surface area contributed by atoms with Gasteiger partial charge in [0.25, 0.3) is 0 Å². The molecule has 0 saturated carbocycles. The van der Waals surface area contributed by atoms with E-state index in [-0.39, 0.29) is 11.7 Å². The van der Waals surface area contributed by atoms with E-state index >= 15 is 0 Å². The number of nitrogens with one attached hydrogen (secondary N) is 3. The highest BCUT2D eigenvalue weighted by Crippen LogP contribution is 2.19. The predicted molar refractivity (Wildman–Crippen MR) is 73.5 cm³/mol. The number of aromatic nitrogens is 1. The van der Waals surface area contributed by atoms with E-state index in [2.05, 4.69) is 15.6 Å². The van der Waals surface area contributed by atoms with E-state index in [1.54, 1.807) is 6.07 Å². The van der Waals surface area contributed by atoms with Gasteiger partial charge in [-0.05, 0) is 37.2 Å². The Hall–Kier alpha value is -1.88. The second-order valence-corrected chi connectivity index (χ2v) is 4.46. The van der Waals surface area contributed by atoms with Gasteiger partial charge in [-0.25, -0.2) is 4.39 Å². The Bertz CT molecular complexity index is 565. The predicted octanol–water partition coefficient (Wildman–Crippen LogP) is 1.58. The van der Waals surface area contributed by atoms with Gasteiger partial charge >= 0.3 is 0 Å². The van der Waals surface area contributed by atoms with E-state index in [1.807, 2.05) is 13.2 Å². The molecule has 0 bridgehead atoms. The molecular formula is C14H18FN3O. The van der Waals surface area contributed by atoms with Crippen molar-refractivity contribution >= 4 is 16.8 Å². The number of fused-ring (bicyclic) bond motifs is 1. The van der Waals surface area contributed by atoms with Crippen LogP contribution in [-0.2, 0) is 11.2 Å². The number of rotatable bonds is 6. The fourth-order valence-corrected chi connectivity index (χ4v) is 2.03. The molecule has 4 nitrogen and oxygen atoms in total. The Morgan fingerprint density at radius 1 is 1.37 bits per heavy atom. The summed E-state index contributed by atoms with van der Waals surface area (Å²) in [6.07, 6.45) is 3.08. The third-order valence-electron chi connectivity index (χ3n) is 3.05. The zero-order valence-corrected chi connectivity index (χ0v) is 10.9. The third kappa shape index (κ3) is 3.54. The molecule has 1 aromatic heterocycles. The van der Waals surface area contributed by atoms with Crippen LogP contribution in [0.25, 0.3) is 10.9 Å². The van der Waals surface area contributed by atoms with Gasteiger partial charge < -0.3 is 15.6 Å². The van der Waals surface area contributed by atoms with Gasteiger partial charge in [-0.3, -0.25) is 4.79 Å². The van der Waals surface area contributed by atoms with E-state index in [9.17, 15) is 9.18 Å². The Labute approximate surface area is 111 Å². The van der Waals surface area contributed by atoms with E-state index in [0.717, 1.165) is 22.9 Å². The lowest BCUT2D eigenvalue weighted by molar-refractivity contribution is -0.120. The molecule has 19 heavy (non-hydrogen) atoms. The summed E-state index contributed by atoms with van der Waals surface area (Å²) in [5.41, 5.74) is 1.88.